The Bertz CT molecular complexity index is 968. The topological polar surface area (TPSA) is 82.2 Å². The van der Waals surface area contributed by atoms with E-state index in [9.17, 15) is 4.79 Å². The van der Waals surface area contributed by atoms with Crippen LogP contribution < -0.4 is 15.8 Å². The summed E-state index contributed by atoms with van der Waals surface area (Å²) in [5.74, 6) is 0.527. The summed E-state index contributed by atoms with van der Waals surface area (Å²) in [5.41, 5.74) is 9.56. The lowest BCUT2D eigenvalue weighted by Crippen LogP contribution is -2.13. The number of halogens is 1. The van der Waals surface area contributed by atoms with Crippen molar-refractivity contribution in [1.29, 1.82) is 0 Å². The number of nitrogens with two attached hydrogens (primary N) is 1. The van der Waals surface area contributed by atoms with Crippen LogP contribution in [0.15, 0.2) is 53.1 Å². The van der Waals surface area contributed by atoms with Crippen LogP contribution in [0, 0.1) is 6.92 Å². The summed E-state index contributed by atoms with van der Waals surface area (Å²) in [5, 5.41) is 7.16. The maximum Gasteiger partial charge on any atom is 0.255 e. The number of ether oxygens (including phenoxy) is 1. The van der Waals surface area contributed by atoms with Gasteiger partial charge in [-0.1, -0.05) is 15.9 Å². The molecule has 140 valence electrons. The SMILES string of the molecule is Cc1cc(C(=O)Nc2ccc(OCCN)c(-c3ccnn3C)c2)ccc1Br. The fourth-order valence-corrected chi connectivity index (χ4v) is 2.98. The molecule has 1 amide bonds. The zero-order chi connectivity index (χ0) is 19.4. The molecule has 2 aromatic carbocycles. The van der Waals surface area contributed by atoms with E-state index in [0.29, 0.717) is 30.2 Å². The van der Waals surface area contributed by atoms with Crippen molar-refractivity contribution in [3.63, 3.8) is 0 Å². The van der Waals surface area contributed by atoms with Crippen molar-refractivity contribution >= 4 is 27.5 Å². The standard InChI is InChI=1S/C20H21BrN4O2/c1-13-11-14(3-5-17(13)21)20(26)24-15-4-6-19(27-10-8-22)16(12-15)18-7-9-23-25(18)2/h3-7,9,11-12H,8,10,22H2,1-2H3,(H,24,26). The Kier molecular flexibility index (Phi) is 5.93. The minimum Gasteiger partial charge on any atom is -0.492 e. The maximum absolute atomic E-state index is 12.6. The van der Waals surface area contributed by atoms with Crippen molar-refractivity contribution in [2.45, 2.75) is 6.92 Å². The molecule has 0 bridgehead atoms. The predicted octanol–water partition coefficient (Wildman–Crippen LogP) is 3.75. The fourth-order valence-electron chi connectivity index (χ4n) is 2.73. The minimum atomic E-state index is -0.169. The molecule has 27 heavy (non-hydrogen) atoms. The summed E-state index contributed by atoms with van der Waals surface area (Å²) in [4.78, 5) is 12.6. The number of amides is 1. The van der Waals surface area contributed by atoms with E-state index in [2.05, 4.69) is 26.3 Å². The van der Waals surface area contributed by atoms with Gasteiger partial charge in [-0.15, -0.1) is 0 Å². The molecular formula is C20H21BrN4O2. The molecular weight excluding hydrogens is 408 g/mol. The second-order valence-corrected chi connectivity index (χ2v) is 6.96. The van der Waals surface area contributed by atoms with Crippen LogP contribution in [0.1, 0.15) is 15.9 Å². The number of hydrogen-bond donors (Lipinski definition) is 2. The smallest absolute Gasteiger partial charge is 0.255 e. The van der Waals surface area contributed by atoms with Crippen molar-refractivity contribution in [2.24, 2.45) is 12.8 Å². The second kappa shape index (κ2) is 8.37. The van der Waals surface area contributed by atoms with Gasteiger partial charge in [-0.2, -0.15) is 5.10 Å². The van der Waals surface area contributed by atoms with Gasteiger partial charge in [0.2, 0.25) is 0 Å². The highest BCUT2D eigenvalue weighted by Crippen LogP contribution is 2.32. The summed E-state index contributed by atoms with van der Waals surface area (Å²) in [6, 6.07) is 12.9. The van der Waals surface area contributed by atoms with Gasteiger partial charge < -0.3 is 15.8 Å². The quantitative estimate of drug-likeness (QED) is 0.626. The van der Waals surface area contributed by atoms with Crippen LogP contribution in [0.3, 0.4) is 0 Å². The summed E-state index contributed by atoms with van der Waals surface area (Å²) in [6.07, 6.45) is 1.72. The second-order valence-electron chi connectivity index (χ2n) is 6.11. The van der Waals surface area contributed by atoms with E-state index >= 15 is 0 Å². The maximum atomic E-state index is 12.6. The lowest BCUT2D eigenvalue weighted by Gasteiger charge is -2.14. The van der Waals surface area contributed by atoms with Gasteiger partial charge in [0.15, 0.2) is 0 Å². The molecule has 0 spiro atoms. The number of hydrogen-bond acceptors (Lipinski definition) is 4. The average molecular weight is 429 g/mol. The van der Waals surface area contributed by atoms with Crippen LogP contribution in [0.4, 0.5) is 5.69 Å². The van der Waals surface area contributed by atoms with Crippen LogP contribution in [0.5, 0.6) is 5.75 Å². The molecule has 3 rings (SSSR count). The molecule has 0 aliphatic heterocycles. The molecule has 0 unspecified atom stereocenters. The number of carbonyl (C=O) groups excluding carboxylic acids is 1. The number of nitrogens with zero attached hydrogens (tertiary/aromatic N) is 2. The van der Waals surface area contributed by atoms with Gasteiger partial charge in [0, 0.05) is 41.1 Å². The number of rotatable bonds is 6. The zero-order valence-electron chi connectivity index (χ0n) is 15.2. The molecule has 0 saturated carbocycles. The third-order valence-corrected chi connectivity index (χ3v) is 5.02. The van der Waals surface area contributed by atoms with Gasteiger partial charge in [0.25, 0.3) is 5.91 Å². The third-order valence-electron chi connectivity index (χ3n) is 4.13. The fraction of sp³-hybridized carbons (Fsp3) is 0.200. The normalized spacial score (nSPS) is 10.7. The first-order valence-corrected chi connectivity index (χ1v) is 9.31. The minimum absolute atomic E-state index is 0.169. The summed E-state index contributed by atoms with van der Waals surface area (Å²) in [6.45, 7) is 2.78. The molecule has 0 fully saturated rings. The molecule has 3 aromatic rings. The van der Waals surface area contributed by atoms with E-state index in [1.54, 1.807) is 16.9 Å². The van der Waals surface area contributed by atoms with Gasteiger partial charge in [-0.3, -0.25) is 9.48 Å². The number of carbonyl (C=O) groups is 1. The first kappa shape index (κ1) is 19.1. The van der Waals surface area contributed by atoms with Gasteiger partial charge in [-0.05, 0) is 55.0 Å². The Hall–Kier alpha value is -2.64. The van der Waals surface area contributed by atoms with Crippen molar-refractivity contribution in [3.05, 3.63) is 64.3 Å². The highest BCUT2D eigenvalue weighted by atomic mass is 79.9. The largest absolute Gasteiger partial charge is 0.492 e. The monoisotopic (exact) mass is 428 g/mol. The molecule has 1 heterocycles. The Morgan fingerprint density at radius 3 is 2.74 bits per heavy atom. The summed E-state index contributed by atoms with van der Waals surface area (Å²) < 4.78 is 8.48. The Morgan fingerprint density at radius 2 is 2.07 bits per heavy atom. The number of anilines is 1. The average Bonchev–Trinajstić information content (AvgIpc) is 3.08. The van der Waals surface area contributed by atoms with E-state index < -0.39 is 0 Å². The van der Waals surface area contributed by atoms with E-state index in [1.807, 2.05) is 50.4 Å². The van der Waals surface area contributed by atoms with E-state index in [-0.39, 0.29) is 5.91 Å². The number of nitrogens with one attached hydrogen (secondary N) is 1. The Labute approximate surface area is 166 Å². The van der Waals surface area contributed by atoms with Gasteiger partial charge >= 0.3 is 0 Å². The first-order chi connectivity index (χ1) is 13.0. The molecule has 0 aliphatic carbocycles. The molecule has 3 N–H and O–H groups in total. The van der Waals surface area contributed by atoms with Crippen molar-refractivity contribution in [3.8, 4) is 17.0 Å². The summed E-state index contributed by atoms with van der Waals surface area (Å²) in [7, 11) is 1.86. The van der Waals surface area contributed by atoms with Crippen LogP contribution in [0.25, 0.3) is 11.3 Å². The molecule has 1 aromatic heterocycles. The van der Waals surface area contributed by atoms with Crippen molar-refractivity contribution in [2.75, 3.05) is 18.5 Å². The lowest BCUT2D eigenvalue weighted by atomic mass is 10.1. The highest BCUT2D eigenvalue weighted by Gasteiger charge is 2.13. The van der Waals surface area contributed by atoms with Crippen LogP contribution in [-0.2, 0) is 7.05 Å². The van der Waals surface area contributed by atoms with Gasteiger partial charge in [0.05, 0.1) is 5.69 Å². The predicted molar refractivity (Wildman–Crippen MR) is 110 cm³/mol. The molecule has 0 saturated heterocycles. The zero-order valence-corrected chi connectivity index (χ0v) is 16.8. The van der Waals surface area contributed by atoms with E-state index in [1.165, 1.54) is 0 Å². The number of benzene rings is 2. The molecule has 7 heteroatoms. The Balaban J connectivity index is 1.90. The van der Waals surface area contributed by atoms with Gasteiger partial charge in [0.1, 0.15) is 12.4 Å². The molecule has 0 radical (unpaired) electrons. The van der Waals surface area contributed by atoms with Crippen LogP contribution >= 0.6 is 15.9 Å². The molecule has 0 atom stereocenters. The molecule has 0 aliphatic rings. The van der Waals surface area contributed by atoms with Gasteiger partial charge in [-0.25, -0.2) is 0 Å². The molecule has 6 nitrogen and oxygen atoms in total. The highest BCUT2D eigenvalue weighted by molar-refractivity contribution is 9.10. The summed E-state index contributed by atoms with van der Waals surface area (Å²) >= 11 is 3.45. The van der Waals surface area contributed by atoms with Crippen molar-refractivity contribution < 1.29 is 9.53 Å². The van der Waals surface area contributed by atoms with Crippen LogP contribution in [0.2, 0.25) is 0 Å². The number of aryl methyl sites for hydroxylation is 2. The first-order valence-electron chi connectivity index (χ1n) is 8.52. The third kappa shape index (κ3) is 4.37. The van der Waals surface area contributed by atoms with Crippen LogP contribution in [-0.4, -0.2) is 28.8 Å². The van der Waals surface area contributed by atoms with E-state index in [4.69, 9.17) is 10.5 Å². The Morgan fingerprint density at radius 1 is 1.26 bits per heavy atom. The number of aromatic nitrogens is 2. The van der Waals surface area contributed by atoms with E-state index in [0.717, 1.165) is 21.3 Å². The lowest BCUT2D eigenvalue weighted by molar-refractivity contribution is 0.102. The van der Waals surface area contributed by atoms with Crippen molar-refractivity contribution in [1.82, 2.24) is 9.78 Å².